The number of carbonyl (C=O) groups excluding carboxylic acids is 1. The summed E-state index contributed by atoms with van der Waals surface area (Å²) >= 11 is 0. The first-order chi connectivity index (χ1) is 9.56. The van der Waals surface area contributed by atoms with Gasteiger partial charge in [-0.15, -0.1) is 0 Å². The Bertz CT molecular complexity index is 532. The number of hydrogen-bond acceptors (Lipinski definition) is 5. The SMILES string of the molecule is COc1c(C(=O)N2CCNCC2C)cccc1[N+](=O)[O-]. The van der Waals surface area contributed by atoms with Gasteiger partial charge in [0.05, 0.1) is 17.6 Å². The van der Waals surface area contributed by atoms with Gasteiger partial charge in [0.15, 0.2) is 0 Å². The molecule has 1 unspecified atom stereocenters. The maximum absolute atomic E-state index is 12.6. The summed E-state index contributed by atoms with van der Waals surface area (Å²) in [5.74, 6) is -0.215. The predicted octanol–water partition coefficient (Wildman–Crippen LogP) is 1.04. The molecule has 0 saturated carbocycles. The van der Waals surface area contributed by atoms with Crippen LogP contribution in [0.4, 0.5) is 5.69 Å². The number of benzene rings is 1. The van der Waals surface area contributed by atoms with E-state index in [4.69, 9.17) is 4.74 Å². The molecule has 1 saturated heterocycles. The lowest BCUT2D eigenvalue weighted by Crippen LogP contribution is -2.52. The smallest absolute Gasteiger partial charge is 0.311 e. The van der Waals surface area contributed by atoms with Crippen LogP contribution in [0.3, 0.4) is 0 Å². The molecule has 108 valence electrons. The van der Waals surface area contributed by atoms with Crippen molar-refractivity contribution in [1.82, 2.24) is 10.2 Å². The first-order valence-corrected chi connectivity index (χ1v) is 6.39. The van der Waals surface area contributed by atoms with Gasteiger partial charge in [-0.25, -0.2) is 0 Å². The van der Waals surface area contributed by atoms with Gasteiger partial charge in [-0.05, 0) is 13.0 Å². The second-order valence-corrected chi connectivity index (χ2v) is 4.67. The fourth-order valence-corrected chi connectivity index (χ4v) is 2.35. The number of ether oxygens (including phenoxy) is 1. The van der Waals surface area contributed by atoms with Gasteiger partial charge in [0.2, 0.25) is 5.75 Å². The summed E-state index contributed by atoms with van der Waals surface area (Å²) in [7, 11) is 1.33. The normalized spacial score (nSPS) is 18.7. The van der Waals surface area contributed by atoms with Crippen molar-refractivity contribution in [1.29, 1.82) is 0 Å². The highest BCUT2D eigenvalue weighted by atomic mass is 16.6. The minimum absolute atomic E-state index is 0.0215. The van der Waals surface area contributed by atoms with Crippen LogP contribution in [0.1, 0.15) is 17.3 Å². The molecule has 1 aliphatic heterocycles. The van der Waals surface area contributed by atoms with E-state index < -0.39 is 4.92 Å². The predicted molar refractivity (Wildman–Crippen MR) is 73.0 cm³/mol. The lowest BCUT2D eigenvalue weighted by molar-refractivity contribution is -0.385. The number of nitro groups is 1. The lowest BCUT2D eigenvalue weighted by atomic mass is 10.1. The Labute approximate surface area is 116 Å². The molecule has 1 atom stereocenters. The van der Waals surface area contributed by atoms with E-state index in [1.807, 2.05) is 6.92 Å². The van der Waals surface area contributed by atoms with Gasteiger partial charge in [0.1, 0.15) is 0 Å². The number of hydrogen-bond donors (Lipinski definition) is 1. The Morgan fingerprint density at radius 2 is 2.30 bits per heavy atom. The summed E-state index contributed by atoms with van der Waals surface area (Å²) in [5, 5.41) is 14.2. The van der Waals surface area contributed by atoms with E-state index in [1.54, 1.807) is 11.0 Å². The van der Waals surface area contributed by atoms with Crippen molar-refractivity contribution < 1.29 is 14.5 Å². The number of carbonyl (C=O) groups is 1. The summed E-state index contributed by atoms with van der Waals surface area (Å²) in [6.45, 7) is 3.94. The average molecular weight is 279 g/mol. The van der Waals surface area contributed by atoms with Gasteiger partial charge < -0.3 is 15.0 Å². The lowest BCUT2D eigenvalue weighted by Gasteiger charge is -2.34. The minimum atomic E-state index is -0.545. The molecule has 0 aromatic heterocycles. The number of nitrogens with one attached hydrogen (secondary N) is 1. The zero-order valence-corrected chi connectivity index (χ0v) is 11.5. The molecule has 1 fully saturated rings. The van der Waals surface area contributed by atoms with Crippen LogP contribution in [0.15, 0.2) is 18.2 Å². The van der Waals surface area contributed by atoms with Crippen molar-refractivity contribution in [2.75, 3.05) is 26.7 Å². The number of rotatable bonds is 3. The number of methoxy groups -OCH3 is 1. The summed E-state index contributed by atoms with van der Waals surface area (Å²) in [4.78, 5) is 24.7. The number of piperazine rings is 1. The van der Waals surface area contributed by atoms with Gasteiger partial charge in [0, 0.05) is 31.7 Å². The highest BCUT2D eigenvalue weighted by Crippen LogP contribution is 2.31. The van der Waals surface area contributed by atoms with Gasteiger partial charge in [0.25, 0.3) is 5.91 Å². The summed E-state index contributed by atoms with van der Waals surface area (Å²) in [6.07, 6.45) is 0. The molecule has 20 heavy (non-hydrogen) atoms. The van der Waals surface area contributed by atoms with Crippen LogP contribution >= 0.6 is 0 Å². The van der Waals surface area contributed by atoms with Crippen LogP contribution in [0, 0.1) is 10.1 Å². The third-order valence-corrected chi connectivity index (χ3v) is 3.39. The van der Waals surface area contributed by atoms with Crippen LogP contribution in [-0.2, 0) is 0 Å². The molecule has 1 aliphatic rings. The molecule has 0 bridgehead atoms. The molecular weight excluding hydrogens is 262 g/mol. The van der Waals surface area contributed by atoms with Gasteiger partial charge in [-0.3, -0.25) is 14.9 Å². The Morgan fingerprint density at radius 1 is 1.55 bits per heavy atom. The van der Waals surface area contributed by atoms with Crippen LogP contribution in [-0.4, -0.2) is 48.5 Å². The number of amides is 1. The van der Waals surface area contributed by atoms with Crippen molar-refractivity contribution in [3.05, 3.63) is 33.9 Å². The Hall–Kier alpha value is -2.15. The zero-order chi connectivity index (χ0) is 14.7. The second-order valence-electron chi connectivity index (χ2n) is 4.67. The third kappa shape index (κ3) is 2.57. The third-order valence-electron chi connectivity index (χ3n) is 3.39. The molecule has 7 nitrogen and oxygen atoms in total. The van der Waals surface area contributed by atoms with Gasteiger partial charge in [-0.1, -0.05) is 6.07 Å². The largest absolute Gasteiger partial charge is 0.490 e. The Balaban J connectivity index is 2.39. The topological polar surface area (TPSA) is 84.7 Å². The number of para-hydroxylation sites is 1. The van der Waals surface area contributed by atoms with Crippen molar-refractivity contribution in [2.45, 2.75) is 13.0 Å². The van der Waals surface area contributed by atoms with Crippen molar-refractivity contribution in [3.8, 4) is 5.75 Å². The van der Waals surface area contributed by atoms with Crippen LogP contribution < -0.4 is 10.1 Å². The van der Waals surface area contributed by atoms with E-state index >= 15 is 0 Å². The van der Waals surface area contributed by atoms with E-state index in [2.05, 4.69) is 5.32 Å². The number of nitro benzene ring substituents is 1. The summed E-state index contributed by atoms with van der Waals surface area (Å²) in [5.41, 5.74) is 0.0385. The fourth-order valence-electron chi connectivity index (χ4n) is 2.35. The zero-order valence-electron chi connectivity index (χ0n) is 11.5. The minimum Gasteiger partial charge on any atom is -0.490 e. The highest BCUT2D eigenvalue weighted by molar-refractivity contribution is 5.98. The van der Waals surface area contributed by atoms with Crippen LogP contribution in [0.25, 0.3) is 0 Å². The Morgan fingerprint density at radius 3 is 2.90 bits per heavy atom. The monoisotopic (exact) mass is 279 g/mol. The van der Waals surface area contributed by atoms with E-state index in [0.717, 1.165) is 0 Å². The van der Waals surface area contributed by atoms with E-state index in [9.17, 15) is 14.9 Å². The van der Waals surface area contributed by atoms with Gasteiger partial charge in [-0.2, -0.15) is 0 Å². The maximum Gasteiger partial charge on any atom is 0.311 e. The molecule has 1 aromatic rings. The second kappa shape index (κ2) is 5.87. The number of nitrogens with zero attached hydrogens (tertiary/aromatic N) is 2. The Kier molecular flexibility index (Phi) is 4.19. The van der Waals surface area contributed by atoms with Crippen molar-refractivity contribution in [2.24, 2.45) is 0 Å². The molecule has 1 amide bonds. The van der Waals surface area contributed by atoms with E-state index in [-0.39, 0.29) is 28.9 Å². The molecule has 1 heterocycles. The molecule has 1 aromatic carbocycles. The van der Waals surface area contributed by atoms with Crippen LogP contribution in [0.2, 0.25) is 0 Å². The van der Waals surface area contributed by atoms with E-state index in [0.29, 0.717) is 19.6 Å². The highest BCUT2D eigenvalue weighted by Gasteiger charge is 2.29. The molecular formula is C13H17N3O4. The summed E-state index contributed by atoms with van der Waals surface area (Å²) in [6, 6.07) is 4.43. The van der Waals surface area contributed by atoms with E-state index in [1.165, 1.54) is 19.2 Å². The maximum atomic E-state index is 12.6. The molecule has 0 spiro atoms. The van der Waals surface area contributed by atoms with Crippen molar-refractivity contribution >= 4 is 11.6 Å². The molecule has 7 heteroatoms. The standard InChI is InChI=1S/C13H17N3O4/c1-9-8-14-6-7-15(9)13(17)10-4-3-5-11(16(18)19)12(10)20-2/h3-5,9,14H,6-8H2,1-2H3. The summed E-state index contributed by atoms with van der Waals surface area (Å²) < 4.78 is 5.08. The van der Waals surface area contributed by atoms with Gasteiger partial charge >= 0.3 is 5.69 Å². The van der Waals surface area contributed by atoms with Crippen molar-refractivity contribution in [3.63, 3.8) is 0 Å². The first-order valence-electron chi connectivity index (χ1n) is 6.39. The van der Waals surface area contributed by atoms with Crippen LogP contribution in [0.5, 0.6) is 5.75 Å². The average Bonchev–Trinajstić information content (AvgIpc) is 2.46. The molecule has 1 N–H and O–H groups in total. The fraction of sp³-hybridized carbons (Fsp3) is 0.462. The molecule has 0 aliphatic carbocycles. The molecule has 2 rings (SSSR count). The molecule has 0 radical (unpaired) electrons. The quantitative estimate of drug-likeness (QED) is 0.660. The first kappa shape index (κ1) is 14.3.